The summed E-state index contributed by atoms with van der Waals surface area (Å²) >= 11 is 0. The van der Waals surface area contributed by atoms with Crippen LogP contribution in [0.1, 0.15) is 44.7 Å². The Bertz CT molecular complexity index is 466. The topological polar surface area (TPSA) is 41.6 Å². The molecule has 1 heterocycles. The first-order valence-electron chi connectivity index (χ1n) is 7.94. The van der Waals surface area contributed by atoms with Crippen LogP contribution >= 0.6 is 24.8 Å². The highest BCUT2D eigenvalue weighted by Gasteiger charge is 2.22. The number of rotatable bonds is 6. The fourth-order valence-electron chi connectivity index (χ4n) is 2.90. The van der Waals surface area contributed by atoms with Crippen LogP contribution in [-0.2, 0) is 4.79 Å². The Morgan fingerprint density at radius 2 is 2.00 bits per heavy atom. The first-order valence-corrected chi connectivity index (χ1v) is 7.94. The lowest BCUT2D eigenvalue weighted by atomic mass is 9.98. The van der Waals surface area contributed by atoms with Gasteiger partial charge < -0.3 is 10.1 Å². The molecule has 0 saturated carbocycles. The predicted molar refractivity (Wildman–Crippen MR) is 99.0 cm³/mol. The lowest BCUT2D eigenvalue weighted by Crippen LogP contribution is -2.45. The SMILES string of the molecule is CCCC[C@@H](c1cccc(OC(C)=O)c1)N1CCNCC1.Cl.Cl. The predicted octanol–water partition coefficient (Wildman–Crippen LogP) is 3.59. The quantitative estimate of drug-likeness (QED) is 0.620. The summed E-state index contributed by atoms with van der Waals surface area (Å²) in [4.78, 5) is 13.7. The highest BCUT2D eigenvalue weighted by molar-refractivity contribution is 5.85. The van der Waals surface area contributed by atoms with E-state index < -0.39 is 0 Å². The van der Waals surface area contributed by atoms with Crippen LogP contribution in [0.3, 0.4) is 0 Å². The number of halogens is 2. The van der Waals surface area contributed by atoms with Gasteiger partial charge >= 0.3 is 5.97 Å². The number of esters is 1. The van der Waals surface area contributed by atoms with Crippen molar-refractivity contribution in [2.24, 2.45) is 0 Å². The van der Waals surface area contributed by atoms with Crippen LogP contribution in [0.15, 0.2) is 24.3 Å². The van der Waals surface area contributed by atoms with Crippen LogP contribution in [0.4, 0.5) is 0 Å². The van der Waals surface area contributed by atoms with Gasteiger partial charge in [-0.2, -0.15) is 0 Å². The van der Waals surface area contributed by atoms with E-state index in [0.29, 0.717) is 11.8 Å². The summed E-state index contributed by atoms with van der Waals surface area (Å²) in [6.07, 6.45) is 3.57. The Kier molecular flexibility index (Phi) is 11.3. The molecule has 1 atom stereocenters. The van der Waals surface area contributed by atoms with Gasteiger partial charge in [0.2, 0.25) is 0 Å². The number of hydrogen-bond donors (Lipinski definition) is 1. The zero-order valence-corrected chi connectivity index (χ0v) is 15.5. The van der Waals surface area contributed by atoms with Crippen molar-refractivity contribution in [2.45, 2.75) is 39.2 Å². The first kappa shape index (κ1) is 22.2. The summed E-state index contributed by atoms with van der Waals surface area (Å²) in [5.74, 6) is 0.385. The maximum Gasteiger partial charge on any atom is 0.308 e. The van der Waals surface area contributed by atoms with Crippen LogP contribution < -0.4 is 10.1 Å². The molecule has 0 aliphatic carbocycles. The van der Waals surface area contributed by atoms with E-state index in [1.54, 1.807) is 0 Å². The number of piperazine rings is 1. The summed E-state index contributed by atoms with van der Waals surface area (Å²) in [5, 5.41) is 3.40. The number of carbonyl (C=O) groups excluding carboxylic acids is 1. The Morgan fingerprint density at radius 1 is 1.30 bits per heavy atom. The molecule has 1 aliphatic heterocycles. The van der Waals surface area contributed by atoms with Gasteiger partial charge in [-0.1, -0.05) is 31.9 Å². The largest absolute Gasteiger partial charge is 0.427 e. The Hall–Kier alpha value is -0.810. The average Bonchev–Trinajstić information content (AvgIpc) is 2.48. The molecule has 1 saturated heterocycles. The third-order valence-corrected chi connectivity index (χ3v) is 3.93. The molecule has 0 spiro atoms. The summed E-state index contributed by atoms with van der Waals surface area (Å²) in [6, 6.07) is 8.41. The molecule has 1 aromatic rings. The number of hydrogen-bond acceptors (Lipinski definition) is 4. The second-order valence-corrected chi connectivity index (χ2v) is 5.61. The maximum atomic E-state index is 11.1. The number of unbranched alkanes of at least 4 members (excludes halogenated alkanes) is 1. The van der Waals surface area contributed by atoms with E-state index >= 15 is 0 Å². The minimum Gasteiger partial charge on any atom is -0.427 e. The van der Waals surface area contributed by atoms with Crippen molar-refractivity contribution in [3.63, 3.8) is 0 Å². The van der Waals surface area contributed by atoms with Gasteiger partial charge in [0.25, 0.3) is 0 Å². The van der Waals surface area contributed by atoms with Crippen molar-refractivity contribution in [1.82, 2.24) is 10.2 Å². The molecule has 132 valence electrons. The Labute approximate surface area is 151 Å². The molecule has 1 N–H and O–H groups in total. The zero-order chi connectivity index (χ0) is 15.1. The van der Waals surface area contributed by atoms with E-state index in [2.05, 4.69) is 23.2 Å². The maximum absolute atomic E-state index is 11.1. The third kappa shape index (κ3) is 7.08. The second-order valence-electron chi connectivity index (χ2n) is 5.61. The molecule has 0 aromatic heterocycles. The van der Waals surface area contributed by atoms with Crippen LogP contribution in [0.5, 0.6) is 5.75 Å². The van der Waals surface area contributed by atoms with E-state index in [4.69, 9.17) is 4.74 Å². The number of ether oxygens (including phenoxy) is 1. The molecule has 2 rings (SSSR count). The Balaban J connectivity index is 0.00000242. The van der Waals surface area contributed by atoms with E-state index in [1.807, 2.05) is 18.2 Å². The fraction of sp³-hybridized carbons (Fsp3) is 0.588. The van der Waals surface area contributed by atoms with Crippen molar-refractivity contribution in [1.29, 1.82) is 0 Å². The third-order valence-electron chi connectivity index (χ3n) is 3.93. The molecule has 0 radical (unpaired) electrons. The smallest absolute Gasteiger partial charge is 0.308 e. The van der Waals surface area contributed by atoms with Gasteiger partial charge in [0.15, 0.2) is 0 Å². The van der Waals surface area contributed by atoms with Crippen LogP contribution in [0.2, 0.25) is 0 Å². The highest BCUT2D eigenvalue weighted by Crippen LogP contribution is 2.29. The van der Waals surface area contributed by atoms with Crippen molar-refractivity contribution >= 4 is 30.8 Å². The van der Waals surface area contributed by atoms with Crippen molar-refractivity contribution < 1.29 is 9.53 Å². The molecule has 0 bridgehead atoms. The average molecular weight is 363 g/mol. The van der Waals surface area contributed by atoms with Gasteiger partial charge in [0.1, 0.15) is 5.75 Å². The molecule has 0 amide bonds. The minimum absolute atomic E-state index is 0. The van der Waals surface area contributed by atoms with E-state index in [9.17, 15) is 4.79 Å². The van der Waals surface area contributed by atoms with Gasteiger partial charge in [-0.15, -0.1) is 24.8 Å². The van der Waals surface area contributed by atoms with E-state index in [-0.39, 0.29) is 30.8 Å². The number of benzene rings is 1. The second kappa shape index (κ2) is 11.7. The van der Waals surface area contributed by atoms with E-state index in [1.165, 1.54) is 25.3 Å². The number of nitrogens with zero attached hydrogens (tertiary/aromatic N) is 1. The fourth-order valence-corrected chi connectivity index (χ4v) is 2.90. The van der Waals surface area contributed by atoms with Gasteiger partial charge in [0, 0.05) is 39.1 Å². The summed E-state index contributed by atoms with van der Waals surface area (Å²) < 4.78 is 5.23. The molecule has 1 aromatic carbocycles. The van der Waals surface area contributed by atoms with Crippen molar-refractivity contribution in [3.8, 4) is 5.75 Å². The minimum atomic E-state index is -0.264. The molecule has 0 unspecified atom stereocenters. The van der Waals surface area contributed by atoms with Gasteiger partial charge in [-0.3, -0.25) is 9.69 Å². The van der Waals surface area contributed by atoms with Gasteiger partial charge in [-0.25, -0.2) is 0 Å². The highest BCUT2D eigenvalue weighted by atomic mass is 35.5. The molecule has 4 nitrogen and oxygen atoms in total. The summed E-state index contributed by atoms with van der Waals surface area (Å²) in [5.41, 5.74) is 1.25. The molecule has 1 fully saturated rings. The number of nitrogens with one attached hydrogen (secondary N) is 1. The monoisotopic (exact) mass is 362 g/mol. The molecule has 1 aliphatic rings. The summed E-state index contributed by atoms with van der Waals surface area (Å²) in [7, 11) is 0. The first-order chi connectivity index (χ1) is 10.2. The lowest BCUT2D eigenvalue weighted by Gasteiger charge is -2.35. The van der Waals surface area contributed by atoms with E-state index in [0.717, 1.165) is 32.6 Å². The van der Waals surface area contributed by atoms with Gasteiger partial charge in [-0.05, 0) is 24.1 Å². The standard InChI is InChI=1S/C17H26N2O2.2ClH/c1-3-4-8-17(19-11-9-18-10-12-19)15-6-5-7-16(13-15)21-14(2)20;;/h5-7,13,17-18H,3-4,8-12H2,1-2H3;2*1H/t17-;;/m0../s1. The number of carbonyl (C=O) groups is 1. The lowest BCUT2D eigenvalue weighted by molar-refractivity contribution is -0.131. The molecular formula is C17H28Cl2N2O2. The van der Waals surface area contributed by atoms with Crippen LogP contribution in [-0.4, -0.2) is 37.0 Å². The molecule has 6 heteroatoms. The molecular weight excluding hydrogens is 335 g/mol. The zero-order valence-electron chi connectivity index (χ0n) is 13.9. The molecule has 23 heavy (non-hydrogen) atoms. The normalized spacial score (nSPS) is 15.9. The summed E-state index contributed by atoms with van der Waals surface area (Å²) in [6.45, 7) is 7.92. The van der Waals surface area contributed by atoms with Gasteiger partial charge in [0.05, 0.1) is 0 Å². The Morgan fingerprint density at radius 3 is 2.61 bits per heavy atom. The van der Waals surface area contributed by atoms with Crippen molar-refractivity contribution in [3.05, 3.63) is 29.8 Å². The van der Waals surface area contributed by atoms with Crippen LogP contribution in [0.25, 0.3) is 0 Å². The van der Waals surface area contributed by atoms with Crippen LogP contribution in [0, 0.1) is 0 Å². The van der Waals surface area contributed by atoms with Crippen molar-refractivity contribution in [2.75, 3.05) is 26.2 Å².